The minimum atomic E-state index is -0.0906. The first-order chi connectivity index (χ1) is 15.2. The first-order valence-electron chi connectivity index (χ1n) is 10.6. The van der Waals surface area contributed by atoms with Crippen LogP contribution in [0.5, 0.6) is 5.75 Å². The van der Waals surface area contributed by atoms with Gasteiger partial charge in [0.05, 0.1) is 26.4 Å². The Kier molecular flexibility index (Phi) is 7.02. The van der Waals surface area contributed by atoms with Gasteiger partial charge in [0.25, 0.3) is 5.91 Å². The number of carbonyl (C=O) groups is 1. The van der Waals surface area contributed by atoms with Crippen LogP contribution in [0, 0.1) is 0 Å². The number of hydrogen-bond donors (Lipinski definition) is 1. The van der Waals surface area contributed by atoms with Crippen LogP contribution < -0.4 is 10.1 Å². The predicted molar refractivity (Wildman–Crippen MR) is 125 cm³/mol. The molecular weight excluding hydrogens is 408 g/mol. The normalized spacial score (nSPS) is 15.4. The van der Waals surface area contributed by atoms with Crippen LogP contribution in [0.4, 0.5) is 5.00 Å². The van der Waals surface area contributed by atoms with Crippen molar-refractivity contribution >= 4 is 22.2 Å². The number of carbonyl (C=O) groups excluding carboxylic acids is 1. The molecule has 1 aromatic heterocycles. The van der Waals surface area contributed by atoms with Crippen LogP contribution in [0.2, 0.25) is 0 Å². The monoisotopic (exact) mass is 436 g/mol. The summed E-state index contributed by atoms with van der Waals surface area (Å²) >= 11 is 1.65. The minimum absolute atomic E-state index is 0.0253. The van der Waals surface area contributed by atoms with E-state index in [-0.39, 0.29) is 11.9 Å². The number of aryl methyl sites for hydroxylation is 1. The number of thiophene rings is 1. The average Bonchev–Trinajstić information content (AvgIpc) is 3.23. The lowest BCUT2D eigenvalue weighted by molar-refractivity contribution is 0.0237. The lowest BCUT2D eigenvalue weighted by atomic mass is 9.96. The summed E-state index contributed by atoms with van der Waals surface area (Å²) in [4.78, 5) is 16.6. The van der Waals surface area contributed by atoms with Gasteiger partial charge in [-0.3, -0.25) is 9.69 Å². The third kappa shape index (κ3) is 4.82. The zero-order chi connectivity index (χ0) is 21.6. The van der Waals surface area contributed by atoms with Gasteiger partial charge < -0.3 is 14.8 Å². The highest BCUT2D eigenvalue weighted by molar-refractivity contribution is 7.16. The average molecular weight is 437 g/mol. The van der Waals surface area contributed by atoms with E-state index < -0.39 is 0 Å². The number of nitrogens with one attached hydrogen (secondary N) is 1. The molecule has 1 atom stereocenters. The molecule has 1 saturated heterocycles. The van der Waals surface area contributed by atoms with Crippen molar-refractivity contribution < 1.29 is 14.3 Å². The van der Waals surface area contributed by atoms with E-state index in [1.807, 2.05) is 48.5 Å². The Bertz CT molecular complexity index is 1010. The van der Waals surface area contributed by atoms with Crippen LogP contribution in [0.3, 0.4) is 0 Å². The standard InChI is InChI=1S/C25H28N2O3S/c1-3-19-17-21(25(31-19)26-24(28)18-9-5-4-6-10-18)23(27-13-15-30-16-14-27)20-11-7-8-12-22(20)29-2/h4-12,17,23H,3,13-16H2,1-2H3,(H,26,28)/t23-/m0/s1. The summed E-state index contributed by atoms with van der Waals surface area (Å²) in [5.74, 6) is 0.760. The van der Waals surface area contributed by atoms with Gasteiger partial charge in [-0.2, -0.15) is 0 Å². The van der Waals surface area contributed by atoms with Gasteiger partial charge in [-0.05, 0) is 30.7 Å². The molecule has 1 fully saturated rings. The van der Waals surface area contributed by atoms with Crippen molar-refractivity contribution in [2.75, 3.05) is 38.7 Å². The van der Waals surface area contributed by atoms with E-state index in [4.69, 9.17) is 9.47 Å². The van der Waals surface area contributed by atoms with Crippen molar-refractivity contribution in [3.8, 4) is 5.75 Å². The second-order valence-electron chi connectivity index (χ2n) is 7.46. The molecule has 4 rings (SSSR count). The third-order valence-electron chi connectivity index (χ3n) is 5.56. The van der Waals surface area contributed by atoms with Crippen LogP contribution in [0.25, 0.3) is 0 Å². The molecule has 0 aliphatic carbocycles. The molecule has 0 unspecified atom stereocenters. The van der Waals surface area contributed by atoms with Gasteiger partial charge in [0.2, 0.25) is 0 Å². The lowest BCUT2D eigenvalue weighted by Crippen LogP contribution is -2.39. The molecule has 0 radical (unpaired) electrons. The number of nitrogens with zero attached hydrogens (tertiary/aromatic N) is 1. The first kappa shape index (κ1) is 21.6. The second kappa shape index (κ2) is 10.1. The number of amides is 1. The van der Waals surface area contributed by atoms with Crippen molar-refractivity contribution in [2.24, 2.45) is 0 Å². The summed E-state index contributed by atoms with van der Waals surface area (Å²) in [6, 6.07) is 19.7. The van der Waals surface area contributed by atoms with E-state index in [0.717, 1.165) is 41.4 Å². The van der Waals surface area contributed by atoms with Crippen molar-refractivity contribution in [2.45, 2.75) is 19.4 Å². The number of methoxy groups -OCH3 is 1. The number of hydrogen-bond acceptors (Lipinski definition) is 5. The Morgan fingerprint density at radius 1 is 1.10 bits per heavy atom. The fourth-order valence-corrected chi connectivity index (χ4v) is 5.01. The van der Waals surface area contributed by atoms with Gasteiger partial charge in [-0.1, -0.05) is 43.3 Å². The van der Waals surface area contributed by atoms with E-state index >= 15 is 0 Å². The van der Waals surface area contributed by atoms with Gasteiger partial charge in [0.1, 0.15) is 10.8 Å². The number of rotatable bonds is 7. The van der Waals surface area contributed by atoms with Crippen LogP contribution in [0.15, 0.2) is 60.7 Å². The van der Waals surface area contributed by atoms with Crippen molar-refractivity contribution in [3.63, 3.8) is 0 Å². The van der Waals surface area contributed by atoms with E-state index in [1.54, 1.807) is 18.4 Å². The highest BCUT2D eigenvalue weighted by atomic mass is 32.1. The molecule has 2 heterocycles. The third-order valence-corrected chi connectivity index (χ3v) is 6.77. The molecule has 0 bridgehead atoms. The van der Waals surface area contributed by atoms with Crippen molar-refractivity contribution in [3.05, 3.63) is 82.2 Å². The van der Waals surface area contributed by atoms with Gasteiger partial charge in [0, 0.05) is 34.7 Å². The smallest absolute Gasteiger partial charge is 0.256 e. The molecule has 2 aromatic carbocycles. The largest absolute Gasteiger partial charge is 0.496 e. The molecular formula is C25H28N2O3S. The maximum absolute atomic E-state index is 13.0. The molecule has 1 aliphatic heterocycles. The quantitative estimate of drug-likeness (QED) is 0.567. The number of benzene rings is 2. The summed E-state index contributed by atoms with van der Waals surface area (Å²) in [6.45, 7) is 5.19. The van der Waals surface area contributed by atoms with Crippen LogP contribution in [-0.4, -0.2) is 44.2 Å². The maximum atomic E-state index is 13.0. The molecule has 6 heteroatoms. The molecule has 1 aliphatic rings. The molecule has 162 valence electrons. The van der Waals surface area contributed by atoms with Crippen LogP contribution in [-0.2, 0) is 11.2 Å². The molecule has 31 heavy (non-hydrogen) atoms. The van der Waals surface area contributed by atoms with Crippen molar-refractivity contribution in [1.29, 1.82) is 0 Å². The minimum Gasteiger partial charge on any atom is -0.496 e. The van der Waals surface area contributed by atoms with Gasteiger partial charge in [-0.25, -0.2) is 0 Å². The Morgan fingerprint density at radius 3 is 2.52 bits per heavy atom. The fourth-order valence-electron chi connectivity index (χ4n) is 3.99. The highest BCUT2D eigenvalue weighted by Gasteiger charge is 2.30. The second-order valence-corrected chi connectivity index (χ2v) is 8.60. The van der Waals surface area contributed by atoms with E-state index in [2.05, 4.69) is 29.3 Å². The van der Waals surface area contributed by atoms with Crippen molar-refractivity contribution in [1.82, 2.24) is 4.90 Å². The Balaban J connectivity index is 1.77. The van der Waals surface area contributed by atoms with Crippen LogP contribution in [0.1, 0.15) is 39.3 Å². The molecule has 5 nitrogen and oxygen atoms in total. The number of ether oxygens (including phenoxy) is 2. The van der Waals surface area contributed by atoms with Crippen LogP contribution >= 0.6 is 11.3 Å². The zero-order valence-corrected chi connectivity index (χ0v) is 18.8. The molecule has 1 amide bonds. The number of morpholine rings is 1. The Hall–Kier alpha value is -2.67. The molecule has 1 N–H and O–H groups in total. The summed E-state index contributed by atoms with van der Waals surface area (Å²) in [5.41, 5.74) is 2.86. The zero-order valence-electron chi connectivity index (χ0n) is 18.0. The predicted octanol–water partition coefficient (Wildman–Crippen LogP) is 4.99. The Labute approximate surface area is 187 Å². The maximum Gasteiger partial charge on any atom is 0.256 e. The summed E-state index contributed by atoms with van der Waals surface area (Å²) in [6.07, 6.45) is 0.917. The van der Waals surface area contributed by atoms with E-state index in [0.29, 0.717) is 18.8 Å². The van der Waals surface area contributed by atoms with Gasteiger partial charge in [-0.15, -0.1) is 11.3 Å². The Morgan fingerprint density at radius 2 is 1.81 bits per heavy atom. The fraction of sp³-hybridized carbons (Fsp3) is 0.320. The summed E-state index contributed by atoms with van der Waals surface area (Å²) < 4.78 is 11.3. The molecule has 0 spiro atoms. The lowest BCUT2D eigenvalue weighted by Gasteiger charge is -2.35. The summed E-state index contributed by atoms with van der Waals surface area (Å²) in [5, 5.41) is 4.09. The molecule has 3 aromatic rings. The van der Waals surface area contributed by atoms with Gasteiger partial charge >= 0.3 is 0 Å². The number of para-hydroxylation sites is 1. The van der Waals surface area contributed by atoms with E-state index in [1.165, 1.54) is 4.88 Å². The summed E-state index contributed by atoms with van der Waals surface area (Å²) in [7, 11) is 1.71. The highest BCUT2D eigenvalue weighted by Crippen LogP contribution is 2.42. The topological polar surface area (TPSA) is 50.8 Å². The first-order valence-corrected chi connectivity index (χ1v) is 11.5. The van der Waals surface area contributed by atoms with Gasteiger partial charge in [0.15, 0.2) is 0 Å². The van der Waals surface area contributed by atoms with E-state index in [9.17, 15) is 4.79 Å². The number of anilines is 1. The molecule has 0 saturated carbocycles. The SMILES string of the molecule is CCc1cc([C@H](c2ccccc2OC)N2CCOCC2)c(NC(=O)c2ccccc2)s1.